The molecule has 4 heterocycles. The highest BCUT2D eigenvalue weighted by molar-refractivity contribution is 7.15. The monoisotopic (exact) mass is 417 g/mol. The first-order chi connectivity index (χ1) is 13.6. The zero-order valence-corrected chi connectivity index (χ0v) is 18.1. The number of thiazole rings is 2. The molecule has 3 aromatic rings. The summed E-state index contributed by atoms with van der Waals surface area (Å²) >= 11 is 3.25. The van der Waals surface area contributed by atoms with Gasteiger partial charge in [-0.15, -0.1) is 22.7 Å². The average molecular weight is 418 g/mol. The van der Waals surface area contributed by atoms with E-state index in [1.54, 1.807) is 22.7 Å². The summed E-state index contributed by atoms with van der Waals surface area (Å²) < 4.78 is 2.08. The van der Waals surface area contributed by atoms with Crippen molar-refractivity contribution in [2.75, 3.05) is 20.1 Å². The summed E-state index contributed by atoms with van der Waals surface area (Å²) in [4.78, 5) is 27.7. The maximum absolute atomic E-state index is 13.4. The quantitative estimate of drug-likeness (QED) is 0.615. The summed E-state index contributed by atoms with van der Waals surface area (Å²) in [5, 5.41) is 5.12. The number of carbonyl (C=O) groups excluding carboxylic acids is 1. The van der Waals surface area contributed by atoms with Gasteiger partial charge in [-0.3, -0.25) is 14.1 Å². The van der Waals surface area contributed by atoms with E-state index in [9.17, 15) is 4.79 Å². The van der Waals surface area contributed by atoms with E-state index in [4.69, 9.17) is 4.98 Å². The van der Waals surface area contributed by atoms with Crippen molar-refractivity contribution in [1.29, 1.82) is 0 Å². The van der Waals surface area contributed by atoms with Crippen LogP contribution in [0, 0.1) is 0 Å². The predicted molar refractivity (Wildman–Crippen MR) is 114 cm³/mol. The Morgan fingerprint density at radius 1 is 1.18 bits per heavy atom. The SMILES string of the molecule is C[C@@H](c1nccs1)N(C)Cc1c(C(=O)N2CCCCCCC2)nc2sccn12. The number of fused-ring (bicyclic) bond motifs is 1. The fourth-order valence-electron chi connectivity index (χ4n) is 3.76. The molecule has 0 spiro atoms. The Kier molecular flexibility index (Phi) is 6.08. The zero-order chi connectivity index (χ0) is 19.5. The summed E-state index contributed by atoms with van der Waals surface area (Å²) in [6.45, 7) is 4.50. The van der Waals surface area contributed by atoms with Crippen molar-refractivity contribution in [1.82, 2.24) is 24.2 Å². The third-order valence-corrected chi connectivity index (χ3v) is 7.28. The molecule has 150 valence electrons. The highest BCUT2D eigenvalue weighted by Gasteiger charge is 2.26. The summed E-state index contributed by atoms with van der Waals surface area (Å²) in [6, 6.07) is 0.189. The molecule has 0 saturated carbocycles. The van der Waals surface area contributed by atoms with E-state index < -0.39 is 0 Å². The van der Waals surface area contributed by atoms with Gasteiger partial charge in [0.15, 0.2) is 10.7 Å². The number of amides is 1. The lowest BCUT2D eigenvalue weighted by Gasteiger charge is -2.26. The minimum atomic E-state index is 0.0862. The van der Waals surface area contributed by atoms with E-state index in [1.165, 1.54) is 19.3 Å². The van der Waals surface area contributed by atoms with Gasteiger partial charge >= 0.3 is 0 Å². The predicted octanol–water partition coefficient (Wildman–Crippen LogP) is 4.45. The second kappa shape index (κ2) is 8.71. The van der Waals surface area contributed by atoms with Crippen LogP contribution in [0.5, 0.6) is 0 Å². The topological polar surface area (TPSA) is 53.7 Å². The van der Waals surface area contributed by atoms with Crippen LogP contribution in [0.2, 0.25) is 0 Å². The Hall–Kier alpha value is -1.77. The van der Waals surface area contributed by atoms with Crippen molar-refractivity contribution in [3.63, 3.8) is 0 Å². The Bertz CT molecular complexity index is 908. The van der Waals surface area contributed by atoms with Crippen LogP contribution in [-0.2, 0) is 6.54 Å². The summed E-state index contributed by atoms with van der Waals surface area (Å²) in [5.41, 5.74) is 1.60. The van der Waals surface area contributed by atoms with Crippen LogP contribution in [0.25, 0.3) is 4.96 Å². The van der Waals surface area contributed by atoms with Crippen LogP contribution in [0.3, 0.4) is 0 Å². The molecule has 1 saturated heterocycles. The van der Waals surface area contributed by atoms with Crippen LogP contribution < -0.4 is 0 Å². The molecule has 0 unspecified atom stereocenters. The number of imidazole rings is 1. The van der Waals surface area contributed by atoms with Crippen LogP contribution in [0.4, 0.5) is 0 Å². The van der Waals surface area contributed by atoms with Crippen molar-refractivity contribution < 1.29 is 4.79 Å². The highest BCUT2D eigenvalue weighted by atomic mass is 32.1. The molecule has 1 aliphatic heterocycles. The Labute approximate surface area is 173 Å². The number of hydrogen-bond donors (Lipinski definition) is 0. The summed E-state index contributed by atoms with van der Waals surface area (Å²) in [5.74, 6) is 0.0862. The summed E-state index contributed by atoms with van der Waals surface area (Å²) in [7, 11) is 2.09. The Balaban J connectivity index is 1.60. The lowest BCUT2D eigenvalue weighted by atomic mass is 10.1. The van der Waals surface area contributed by atoms with Crippen molar-refractivity contribution in [2.45, 2.75) is 51.6 Å². The standard InChI is InChI=1S/C20H27N5OS2/c1-15(18-21-8-12-27-18)23(2)14-16-17(22-20-25(16)11-13-28-20)19(26)24-9-6-4-3-5-7-10-24/h8,11-13,15H,3-7,9-10,14H2,1-2H3/t15-/m0/s1. The van der Waals surface area contributed by atoms with Crippen molar-refractivity contribution in [3.05, 3.63) is 39.5 Å². The fraction of sp³-hybridized carbons (Fsp3) is 0.550. The third-order valence-electron chi connectivity index (χ3n) is 5.58. The van der Waals surface area contributed by atoms with Gasteiger partial charge in [0.2, 0.25) is 0 Å². The minimum absolute atomic E-state index is 0.0862. The van der Waals surface area contributed by atoms with Crippen LogP contribution in [-0.4, -0.2) is 50.2 Å². The van der Waals surface area contributed by atoms with Crippen LogP contribution >= 0.6 is 22.7 Å². The Morgan fingerprint density at radius 3 is 2.64 bits per heavy atom. The van der Waals surface area contributed by atoms with E-state index in [-0.39, 0.29) is 11.9 Å². The van der Waals surface area contributed by atoms with E-state index in [0.29, 0.717) is 12.2 Å². The van der Waals surface area contributed by atoms with E-state index in [0.717, 1.165) is 41.6 Å². The largest absolute Gasteiger partial charge is 0.337 e. The number of likely N-dealkylation sites (tertiary alicyclic amines) is 1. The first-order valence-electron chi connectivity index (χ1n) is 9.98. The van der Waals surface area contributed by atoms with Gasteiger partial charge in [0.25, 0.3) is 5.91 Å². The molecule has 0 N–H and O–H groups in total. The van der Waals surface area contributed by atoms with Crippen LogP contribution in [0.1, 0.15) is 66.3 Å². The second-order valence-electron chi connectivity index (χ2n) is 7.48. The molecule has 1 amide bonds. The number of rotatable bonds is 5. The molecule has 0 aromatic carbocycles. The maximum atomic E-state index is 13.4. The molecule has 3 aromatic heterocycles. The zero-order valence-electron chi connectivity index (χ0n) is 16.5. The van der Waals surface area contributed by atoms with Gasteiger partial charge in [-0.1, -0.05) is 19.3 Å². The lowest BCUT2D eigenvalue weighted by Crippen LogP contribution is -2.35. The molecule has 0 bridgehead atoms. The number of carbonyl (C=O) groups is 1. The molecule has 1 fully saturated rings. The molecule has 1 atom stereocenters. The summed E-state index contributed by atoms with van der Waals surface area (Å²) in [6.07, 6.45) is 9.75. The first-order valence-corrected chi connectivity index (χ1v) is 11.7. The Morgan fingerprint density at radius 2 is 1.93 bits per heavy atom. The van der Waals surface area contributed by atoms with Crippen LogP contribution in [0.15, 0.2) is 23.2 Å². The number of hydrogen-bond acceptors (Lipinski definition) is 6. The molecule has 28 heavy (non-hydrogen) atoms. The van der Waals surface area contributed by atoms with Gasteiger partial charge in [0, 0.05) is 42.8 Å². The average Bonchev–Trinajstić information content (AvgIpc) is 3.39. The lowest BCUT2D eigenvalue weighted by molar-refractivity contribution is 0.0734. The van der Waals surface area contributed by atoms with Gasteiger partial charge in [-0.2, -0.15) is 0 Å². The van der Waals surface area contributed by atoms with Crippen molar-refractivity contribution in [3.8, 4) is 0 Å². The minimum Gasteiger partial charge on any atom is -0.337 e. The molecule has 0 aliphatic carbocycles. The second-order valence-corrected chi connectivity index (χ2v) is 9.28. The molecular formula is C20H27N5OS2. The van der Waals surface area contributed by atoms with E-state index in [2.05, 4.69) is 28.3 Å². The van der Waals surface area contributed by atoms with E-state index in [1.807, 2.05) is 28.1 Å². The molecule has 6 nitrogen and oxygen atoms in total. The third kappa shape index (κ3) is 3.99. The van der Waals surface area contributed by atoms with Gasteiger partial charge in [0.05, 0.1) is 11.7 Å². The van der Waals surface area contributed by atoms with Crippen molar-refractivity contribution in [2.24, 2.45) is 0 Å². The maximum Gasteiger partial charge on any atom is 0.274 e. The normalized spacial score (nSPS) is 17.0. The molecular weight excluding hydrogens is 390 g/mol. The highest BCUT2D eigenvalue weighted by Crippen LogP contribution is 2.26. The fourth-order valence-corrected chi connectivity index (χ4v) is 5.25. The number of nitrogens with zero attached hydrogens (tertiary/aromatic N) is 5. The molecule has 8 heteroatoms. The molecule has 0 radical (unpaired) electrons. The first kappa shape index (κ1) is 19.5. The van der Waals surface area contributed by atoms with E-state index >= 15 is 0 Å². The molecule has 4 rings (SSSR count). The molecule has 1 aliphatic rings. The van der Waals surface area contributed by atoms with Gasteiger partial charge in [0.1, 0.15) is 5.01 Å². The van der Waals surface area contributed by atoms with Gasteiger partial charge in [-0.25, -0.2) is 9.97 Å². The van der Waals surface area contributed by atoms with Gasteiger partial charge < -0.3 is 4.90 Å². The number of aromatic nitrogens is 3. The smallest absolute Gasteiger partial charge is 0.274 e. The van der Waals surface area contributed by atoms with Gasteiger partial charge in [-0.05, 0) is 26.8 Å². The van der Waals surface area contributed by atoms with Crippen molar-refractivity contribution >= 4 is 33.5 Å².